The minimum absolute atomic E-state index is 0.159. The molecule has 1 saturated heterocycles. The van der Waals surface area contributed by atoms with Gasteiger partial charge in [-0.25, -0.2) is 9.78 Å². The minimum atomic E-state index is -0.159. The summed E-state index contributed by atoms with van der Waals surface area (Å²) in [6, 6.07) is 7.04. The Morgan fingerprint density at radius 3 is 2.44 bits per heavy atom. The molecule has 3 heterocycles. The van der Waals surface area contributed by atoms with Crippen LogP contribution in [0.15, 0.2) is 40.3 Å². The number of nitrogens with zero attached hydrogens (tertiary/aromatic N) is 3. The Labute approximate surface area is 190 Å². The Bertz CT molecular complexity index is 1020. The van der Waals surface area contributed by atoms with Gasteiger partial charge in [-0.15, -0.1) is 11.3 Å². The molecule has 4 rings (SSSR count). The van der Waals surface area contributed by atoms with Crippen molar-refractivity contribution < 1.29 is 23.4 Å². The third kappa shape index (κ3) is 4.81. The Balaban J connectivity index is 1.32. The zero-order chi connectivity index (χ0) is 22.5. The van der Waals surface area contributed by atoms with E-state index in [2.05, 4.69) is 15.2 Å². The van der Waals surface area contributed by atoms with Crippen molar-refractivity contribution in [1.29, 1.82) is 0 Å². The predicted molar refractivity (Wildman–Crippen MR) is 122 cm³/mol. The lowest BCUT2D eigenvalue weighted by atomic mass is 10.2. The van der Waals surface area contributed by atoms with Gasteiger partial charge < -0.3 is 28.8 Å². The third-order valence-corrected chi connectivity index (χ3v) is 6.09. The zero-order valence-corrected chi connectivity index (χ0v) is 19.1. The van der Waals surface area contributed by atoms with Crippen molar-refractivity contribution in [3.8, 4) is 28.7 Å². The van der Waals surface area contributed by atoms with E-state index in [-0.39, 0.29) is 6.03 Å². The van der Waals surface area contributed by atoms with E-state index in [1.807, 2.05) is 17.5 Å². The number of carbonyl (C=O) groups is 1. The van der Waals surface area contributed by atoms with Crippen LogP contribution in [0.4, 0.5) is 10.5 Å². The van der Waals surface area contributed by atoms with E-state index in [0.29, 0.717) is 36.0 Å². The Morgan fingerprint density at radius 2 is 1.84 bits per heavy atom. The second-order valence-corrected chi connectivity index (χ2v) is 8.15. The highest BCUT2D eigenvalue weighted by molar-refractivity contribution is 7.09. The molecular weight excluding hydrogens is 432 g/mol. The van der Waals surface area contributed by atoms with E-state index in [4.69, 9.17) is 18.6 Å². The van der Waals surface area contributed by atoms with Gasteiger partial charge in [-0.05, 0) is 12.1 Å². The van der Waals surface area contributed by atoms with E-state index >= 15 is 0 Å². The highest BCUT2D eigenvalue weighted by Crippen LogP contribution is 2.40. The van der Waals surface area contributed by atoms with Crippen LogP contribution in [0.2, 0.25) is 0 Å². The summed E-state index contributed by atoms with van der Waals surface area (Å²) in [7, 11) is 4.63. The molecule has 10 heteroatoms. The van der Waals surface area contributed by atoms with Crippen molar-refractivity contribution >= 4 is 23.1 Å². The molecule has 170 valence electrons. The van der Waals surface area contributed by atoms with Gasteiger partial charge in [-0.1, -0.05) is 0 Å². The number of hydrogen-bond acceptors (Lipinski definition) is 8. The summed E-state index contributed by atoms with van der Waals surface area (Å²) in [6.45, 7) is 3.57. The van der Waals surface area contributed by atoms with Gasteiger partial charge in [0.25, 0.3) is 0 Å². The molecule has 32 heavy (non-hydrogen) atoms. The van der Waals surface area contributed by atoms with Crippen LogP contribution in [-0.4, -0.2) is 68.3 Å². The van der Waals surface area contributed by atoms with E-state index < -0.39 is 0 Å². The molecule has 1 aromatic carbocycles. The van der Waals surface area contributed by atoms with E-state index in [0.717, 1.165) is 36.1 Å². The minimum Gasteiger partial charge on any atom is -0.493 e. The number of amides is 2. The highest BCUT2D eigenvalue weighted by Gasteiger charge is 2.23. The average Bonchev–Trinajstić information content (AvgIpc) is 3.51. The number of piperazine rings is 1. The molecule has 3 aromatic rings. The van der Waals surface area contributed by atoms with Crippen LogP contribution in [0.1, 0.15) is 5.01 Å². The average molecular weight is 459 g/mol. The van der Waals surface area contributed by atoms with Gasteiger partial charge in [0.05, 0.1) is 39.8 Å². The number of hydrogen-bond donors (Lipinski definition) is 1. The van der Waals surface area contributed by atoms with Gasteiger partial charge in [-0.2, -0.15) is 0 Å². The zero-order valence-electron chi connectivity index (χ0n) is 18.3. The Morgan fingerprint density at radius 1 is 1.12 bits per heavy atom. The van der Waals surface area contributed by atoms with Gasteiger partial charge in [0.15, 0.2) is 17.3 Å². The van der Waals surface area contributed by atoms with Crippen LogP contribution >= 0.6 is 11.3 Å². The number of rotatable bonds is 7. The Hall–Kier alpha value is -3.24. The van der Waals surface area contributed by atoms with Crippen LogP contribution in [-0.2, 0) is 6.54 Å². The first kappa shape index (κ1) is 22.0. The van der Waals surface area contributed by atoms with Gasteiger partial charge >= 0.3 is 6.03 Å². The second kappa shape index (κ2) is 9.92. The summed E-state index contributed by atoms with van der Waals surface area (Å²) in [5.74, 6) is 2.24. The maximum absolute atomic E-state index is 12.8. The molecule has 0 unspecified atom stereocenters. The molecule has 0 spiro atoms. The molecule has 0 radical (unpaired) electrons. The van der Waals surface area contributed by atoms with Crippen molar-refractivity contribution in [1.82, 2.24) is 14.8 Å². The van der Waals surface area contributed by atoms with Gasteiger partial charge in [0.2, 0.25) is 5.75 Å². The van der Waals surface area contributed by atoms with E-state index in [9.17, 15) is 4.79 Å². The second-order valence-electron chi connectivity index (χ2n) is 7.21. The van der Waals surface area contributed by atoms with Crippen LogP contribution in [0, 0.1) is 0 Å². The number of thiazole rings is 1. The quantitative estimate of drug-likeness (QED) is 0.576. The van der Waals surface area contributed by atoms with Crippen molar-refractivity contribution in [3.63, 3.8) is 0 Å². The Kier molecular flexibility index (Phi) is 6.81. The molecule has 1 aliphatic heterocycles. The maximum Gasteiger partial charge on any atom is 0.321 e. The van der Waals surface area contributed by atoms with E-state index in [1.54, 1.807) is 56.0 Å². The molecule has 2 aromatic heterocycles. The number of ether oxygens (including phenoxy) is 3. The topological polar surface area (TPSA) is 89.3 Å². The number of carbonyl (C=O) groups excluding carboxylic acids is 1. The smallest absolute Gasteiger partial charge is 0.321 e. The lowest BCUT2D eigenvalue weighted by Gasteiger charge is -2.34. The molecule has 0 aliphatic carbocycles. The molecule has 1 fully saturated rings. The molecular formula is C22H26N4O5S. The summed E-state index contributed by atoms with van der Waals surface area (Å²) in [5.41, 5.74) is 1.44. The number of methoxy groups -OCH3 is 3. The molecule has 0 bridgehead atoms. The van der Waals surface area contributed by atoms with Crippen LogP contribution in [0.25, 0.3) is 11.5 Å². The first-order valence-corrected chi connectivity index (χ1v) is 11.1. The van der Waals surface area contributed by atoms with Crippen molar-refractivity contribution in [3.05, 3.63) is 40.9 Å². The van der Waals surface area contributed by atoms with Gasteiger partial charge in [-0.3, -0.25) is 4.90 Å². The molecule has 0 atom stereocenters. The largest absolute Gasteiger partial charge is 0.493 e. The van der Waals surface area contributed by atoms with Crippen LogP contribution in [0.3, 0.4) is 0 Å². The summed E-state index contributed by atoms with van der Waals surface area (Å²) >= 11 is 1.62. The predicted octanol–water partition coefficient (Wildman–Crippen LogP) is 3.78. The molecule has 2 amide bonds. The number of nitrogens with one attached hydrogen (secondary N) is 1. The number of benzene rings is 1. The van der Waals surface area contributed by atoms with Crippen LogP contribution in [0.5, 0.6) is 17.2 Å². The van der Waals surface area contributed by atoms with Crippen LogP contribution < -0.4 is 19.5 Å². The molecule has 1 aliphatic rings. The summed E-state index contributed by atoms with van der Waals surface area (Å²) in [5, 5.41) is 5.97. The molecule has 0 saturated carbocycles. The van der Waals surface area contributed by atoms with E-state index in [1.165, 1.54) is 0 Å². The molecule has 1 N–H and O–H groups in total. The van der Waals surface area contributed by atoms with Crippen molar-refractivity contribution in [2.45, 2.75) is 6.54 Å². The fourth-order valence-corrected chi connectivity index (χ4v) is 4.40. The standard InChI is InChI=1S/C22H26N4O5S/c1-28-18-11-15(12-19(29-2)21(18)30-3)23-22(27)26-8-6-25(7-9-26)13-20-24-16(14-32-20)17-5-4-10-31-17/h4-5,10-12,14H,6-9,13H2,1-3H3,(H,23,27). The highest BCUT2D eigenvalue weighted by atomic mass is 32.1. The summed E-state index contributed by atoms with van der Waals surface area (Å²) in [6.07, 6.45) is 1.65. The lowest BCUT2D eigenvalue weighted by molar-refractivity contribution is 0.143. The van der Waals surface area contributed by atoms with Gasteiger partial charge in [0.1, 0.15) is 10.7 Å². The molecule has 9 nitrogen and oxygen atoms in total. The first-order valence-electron chi connectivity index (χ1n) is 10.2. The number of anilines is 1. The number of aromatic nitrogens is 1. The SMILES string of the molecule is COc1cc(NC(=O)N2CCN(Cc3nc(-c4ccco4)cs3)CC2)cc(OC)c1OC. The van der Waals surface area contributed by atoms with Crippen molar-refractivity contribution in [2.75, 3.05) is 52.8 Å². The third-order valence-electron chi connectivity index (χ3n) is 5.26. The monoisotopic (exact) mass is 458 g/mol. The first-order chi connectivity index (χ1) is 15.6. The summed E-state index contributed by atoms with van der Waals surface area (Å²) in [4.78, 5) is 21.5. The van der Waals surface area contributed by atoms with Gasteiger partial charge in [0, 0.05) is 43.7 Å². The summed E-state index contributed by atoms with van der Waals surface area (Å²) < 4.78 is 21.5. The fraction of sp³-hybridized carbons (Fsp3) is 0.364. The van der Waals surface area contributed by atoms with Crippen molar-refractivity contribution in [2.24, 2.45) is 0 Å². The maximum atomic E-state index is 12.8. The fourth-order valence-electron chi connectivity index (χ4n) is 3.58. The lowest BCUT2D eigenvalue weighted by Crippen LogP contribution is -2.49. The normalized spacial score (nSPS) is 14.3. The number of furan rings is 1. The number of urea groups is 1.